The van der Waals surface area contributed by atoms with Crippen LogP contribution < -0.4 is 5.32 Å². The first kappa shape index (κ1) is 14.4. The van der Waals surface area contributed by atoms with Crippen molar-refractivity contribution >= 4 is 18.5 Å². The van der Waals surface area contributed by atoms with Crippen molar-refractivity contribution in [3.8, 4) is 0 Å². The molecule has 3 nitrogen and oxygen atoms in total. The molecule has 0 saturated carbocycles. The van der Waals surface area contributed by atoms with E-state index in [0.29, 0.717) is 13.0 Å². The third kappa shape index (κ3) is 4.25. The Bertz CT molecular complexity index is 415. The summed E-state index contributed by atoms with van der Waals surface area (Å²) >= 11 is 4.39. The van der Waals surface area contributed by atoms with Crippen LogP contribution in [0.1, 0.15) is 25.3 Å². The van der Waals surface area contributed by atoms with Crippen LogP contribution in [0.3, 0.4) is 0 Å². The van der Waals surface area contributed by atoms with Gasteiger partial charge in [0, 0.05) is 13.2 Å². The van der Waals surface area contributed by atoms with Gasteiger partial charge in [-0.2, -0.15) is 12.6 Å². The average molecular weight is 279 g/mol. The van der Waals surface area contributed by atoms with E-state index < -0.39 is 0 Å². The number of amides is 1. The monoisotopic (exact) mass is 279 g/mol. The Morgan fingerprint density at radius 3 is 2.84 bits per heavy atom. The van der Waals surface area contributed by atoms with Crippen molar-refractivity contribution in [2.75, 3.05) is 13.2 Å². The lowest BCUT2D eigenvalue weighted by Crippen LogP contribution is -2.43. The number of rotatable bonds is 5. The van der Waals surface area contributed by atoms with E-state index in [-0.39, 0.29) is 16.8 Å². The fourth-order valence-electron chi connectivity index (χ4n) is 2.30. The molecular weight excluding hydrogens is 258 g/mol. The molecule has 1 aromatic rings. The van der Waals surface area contributed by atoms with Crippen LogP contribution in [0.2, 0.25) is 0 Å². The van der Waals surface area contributed by atoms with Crippen molar-refractivity contribution in [3.05, 3.63) is 35.9 Å². The quantitative estimate of drug-likeness (QED) is 0.811. The molecule has 2 unspecified atom stereocenters. The van der Waals surface area contributed by atoms with Gasteiger partial charge in [-0.25, -0.2) is 0 Å². The van der Waals surface area contributed by atoms with Crippen molar-refractivity contribution in [1.29, 1.82) is 0 Å². The lowest BCUT2D eigenvalue weighted by molar-refractivity contribution is -0.121. The van der Waals surface area contributed by atoms with Gasteiger partial charge in [-0.05, 0) is 31.7 Å². The van der Waals surface area contributed by atoms with Crippen LogP contribution >= 0.6 is 12.6 Å². The summed E-state index contributed by atoms with van der Waals surface area (Å²) in [5.41, 5.74) is 0.927. The lowest BCUT2D eigenvalue weighted by atomic mass is 10.0. The molecule has 1 N–H and O–H groups in total. The number of nitrogens with one attached hydrogen (secondary N) is 1. The van der Waals surface area contributed by atoms with Gasteiger partial charge in [-0.3, -0.25) is 4.79 Å². The fourth-order valence-corrected chi connectivity index (χ4v) is 2.60. The molecule has 0 aromatic heterocycles. The van der Waals surface area contributed by atoms with Gasteiger partial charge in [0.15, 0.2) is 0 Å². The third-order valence-electron chi connectivity index (χ3n) is 3.51. The SMILES string of the molecule is CC1(CNC(=O)C(S)Cc2ccccc2)CCCO1. The molecular formula is C15H21NO2S. The Labute approximate surface area is 120 Å². The van der Waals surface area contributed by atoms with Crippen LogP contribution in [0.5, 0.6) is 0 Å². The molecule has 0 aliphatic carbocycles. The van der Waals surface area contributed by atoms with Crippen LogP contribution in [-0.4, -0.2) is 29.9 Å². The third-order valence-corrected chi connectivity index (χ3v) is 3.93. The van der Waals surface area contributed by atoms with Crippen LogP contribution in [0.4, 0.5) is 0 Å². The van der Waals surface area contributed by atoms with Crippen LogP contribution in [0.15, 0.2) is 30.3 Å². The normalized spacial score (nSPS) is 24.1. The number of ether oxygens (including phenoxy) is 1. The van der Waals surface area contributed by atoms with Gasteiger partial charge < -0.3 is 10.1 Å². The number of carbonyl (C=O) groups excluding carboxylic acids is 1. The zero-order valence-corrected chi connectivity index (χ0v) is 12.2. The Morgan fingerprint density at radius 1 is 1.47 bits per heavy atom. The predicted octanol–water partition coefficient (Wildman–Crippen LogP) is 2.21. The summed E-state index contributed by atoms with van der Waals surface area (Å²) in [5.74, 6) is -0.0242. The highest BCUT2D eigenvalue weighted by Crippen LogP contribution is 2.24. The maximum absolute atomic E-state index is 12.0. The van der Waals surface area contributed by atoms with E-state index in [1.165, 1.54) is 0 Å². The minimum absolute atomic E-state index is 0.0242. The van der Waals surface area contributed by atoms with E-state index in [1.54, 1.807) is 0 Å². The Balaban J connectivity index is 1.79. The van der Waals surface area contributed by atoms with E-state index >= 15 is 0 Å². The molecule has 1 aromatic carbocycles. The van der Waals surface area contributed by atoms with Gasteiger partial charge >= 0.3 is 0 Å². The van der Waals surface area contributed by atoms with Gasteiger partial charge in [0.05, 0.1) is 10.9 Å². The molecule has 1 heterocycles. The highest BCUT2D eigenvalue weighted by Gasteiger charge is 2.30. The van der Waals surface area contributed by atoms with E-state index in [0.717, 1.165) is 25.0 Å². The molecule has 2 rings (SSSR count). The molecule has 19 heavy (non-hydrogen) atoms. The zero-order valence-electron chi connectivity index (χ0n) is 11.3. The summed E-state index contributed by atoms with van der Waals surface area (Å²) < 4.78 is 5.65. The summed E-state index contributed by atoms with van der Waals surface area (Å²) in [5, 5.41) is 2.63. The van der Waals surface area contributed by atoms with Crippen LogP contribution in [0.25, 0.3) is 0 Å². The summed E-state index contributed by atoms with van der Waals surface area (Å²) in [6, 6.07) is 9.94. The largest absolute Gasteiger partial charge is 0.373 e. The highest BCUT2D eigenvalue weighted by molar-refractivity contribution is 7.81. The highest BCUT2D eigenvalue weighted by atomic mass is 32.1. The van der Waals surface area contributed by atoms with E-state index in [1.807, 2.05) is 37.3 Å². The van der Waals surface area contributed by atoms with Crippen molar-refractivity contribution in [2.24, 2.45) is 0 Å². The van der Waals surface area contributed by atoms with Gasteiger partial charge in [0.1, 0.15) is 0 Å². The topological polar surface area (TPSA) is 38.3 Å². The second-order valence-corrected chi connectivity index (χ2v) is 5.95. The molecule has 104 valence electrons. The molecule has 1 aliphatic heterocycles. The maximum atomic E-state index is 12.0. The lowest BCUT2D eigenvalue weighted by Gasteiger charge is -2.24. The van der Waals surface area contributed by atoms with E-state index in [9.17, 15) is 4.79 Å². The molecule has 2 atom stereocenters. The van der Waals surface area contributed by atoms with E-state index in [2.05, 4.69) is 17.9 Å². The van der Waals surface area contributed by atoms with Crippen molar-refractivity contribution in [1.82, 2.24) is 5.32 Å². The van der Waals surface area contributed by atoms with Crippen molar-refractivity contribution < 1.29 is 9.53 Å². The average Bonchev–Trinajstić information content (AvgIpc) is 2.84. The van der Waals surface area contributed by atoms with E-state index in [4.69, 9.17) is 4.74 Å². The fraction of sp³-hybridized carbons (Fsp3) is 0.533. The standard InChI is InChI=1S/C15H21NO2S/c1-15(8-5-9-18-15)11-16-14(17)13(19)10-12-6-3-2-4-7-12/h2-4,6-7,13,19H,5,8-11H2,1H3,(H,16,17). The summed E-state index contributed by atoms with van der Waals surface area (Å²) in [6.07, 6.45) is 2.72. The predicted molar refractivity (Wildman–Crippen MR) is 79.5 cm³/mol. The molecule has 0 bridgehead atoms. The van der Waals surface area contributed by atoms with Crippen LogP contribution in [-0.2, 0) is 16.0 Å². The number of thiol groups is 1. The summed E-state index contributed by atoms with van der Waals surface area (Å²) in [6.45, 7) is 3.41. The first-order valence-corrected chi connectivity index (χ1v) is 7.24. The Hall–Kier alpha value is -1.00. The Kier molecular flexibility index (Phi) is 4.88. The molecule has 0 spiro atoms. The smallest absolute Gasteiger partial charge is 0.233 e. The van der Waals surface area contributed by atoms with Crippen molar-refractivity contribution in [3.63, 3.8) is 0 Å². The second kappa shape index (κ2) is 6.44. The molecule has 0 radical (unpaired) electrons. The molecule has 1 fully saturated rings. The molecule has 4 heteroatoms. The van der Waals surface area contributed by atoms with Crippen molar-refractivity contribution in [2.45, 2.75) is 37.0 Å². The first-order valence-electron chi connectivity index (χ1n) is 6.73. The number of carbonyl (C=O) groups is 1. The van der Waals surface area contributed by atoms with Gasteiger partial charge in [0.25, 0.3) is 0 Å². The second-order valence-electron chi connectivity index (χ2n) is 5.33. The van der Waals surface area contributed by atoms with Gasteiger partial charge in [-0.1, -0.05) is 30.3 Å². The summed E-state index contributed by atoms with van der Waals surface area (Å²) in [7, 11) is 0. The zero-order chi connectivity index (χ0) is 13.7. The number of hydrogen-bond acceptors (Lipinski definition) is 3. The number of benzene rings is 1. The van der Waals surface area contributed by atoms with Gasteiger partial charge in [-0.15, -0.1) is 0 Å². The molecule has 1 saturated heterocycles. The number of hydrogen-bond donors (Lipinski definition) is 2. The summed E-state index contributed by atoms with van der Waals surface area (Å²) in [4.78, 5) is 12.0. The molecule has 1 aliphatic rings. The minimum Gasteiger partial charge on any atom is -0.373 e. The maximum Gasteiger partial charge on any atom is 0.233 e. The Morgan fingerprint density at radius 2 is 2.21 bits per heavy atom. The van der Waals surface area contributed by atoms with Crippen LogP contribution in [0, 0.1) is 0 Å². The van der Waals surface area contributed by atoms with Gasteiger partial charge in [0.2, 0.25) is 5.91 Å². The molecule has 1 amide bonds. The first-order chi connectivity index (χ1) is 9.09. The minimum atomic E-state index is -0.313.